The summed E-state index contributed by atoms with van der Waals surface area (Å²) in [6.07, 6.45) is 6.35. The number of aromatic nitrogens is 3. The lowest BCUT2D eigenvalue weighted by atomic mass is 10.1. The highest BCUT2D eigenvalue weighted by Gasteiger charge is 2.08. The van der Waals surface area contributed by atoms with Gasteiger partial charge in [-0.2, -0.15) is 0 Å². The number of amides is 1. The summed E-state index contributed by atoms with van der Waals surface area (Å²) in [5, 5.41) is 2.64. The van der Waals surface area contributed by atoms with E-state index in [-0.39, 0.29) is 5.56 Å². The molecule has 1 amide bonds. The highest BCUT2D eigenvalue weighted by Crippen LogP contribution is 2.19. The van der Waals surface area contributed by atoms with Gasteiger partial charge in [-0.1, -0.05) is 6.07 Å². The number of hydrogen-bond acceptors (Lipinski definition) is 4. The average Bonchev–Trinajstić information content (AvgIpc) is 2.56. The lowest BCUT2D eigenvalue weighted by Crippen LogP contribution is -2.13. The first-order valence-corrected chi connectivity index (χ1v) is 6.51. The summed E-state index contributed by atoms with van der Waals surface area (Å²) in [5.41, 5.74) is 1.87. The summed E-state index contributed by atoms with van der Waals surface area (Å²) in [6.45, 7) is 0. The van der Waals surface area contributed by atoms with Crippen LogP contribution in [0.4, 0.5) is 10.2 Å². The molecule has 0 aliphatic carbocycles. The summed E-state index contributed by atoms with van der Waals surface area (Å²) >= 11 is 0. The maximum atomic E-state index is 13.1. The van der Waals surface area contributed by atoms with Crippen LogP contribution in [0, 0.1) is 5.82 Å². The van der Waals surface area contributed by atoms with E-state index in [2.05, 4.69) is 20.3 Å². The predicted octanol–water partition coefficient (Wildman–Crippen LogP) is 2.93. The first-order chi connectivity index (χ1) is 10.7. The normalized spacial score (nSPS) is 10.2. The van der Waals surface area contributed by atoms with E-state index >= 15 is 0 Å². The number of nitrogens with one attached hydrogen (secondary N) is 1. The molecule has 0 saturated carbocycles. The quantitative estimate of drug-likeness (QED) is 0.806. The van der Waals surface area contributed by atoms with Crippen molar-refractivity contribution in [2.45, 2.75) is 0 Å². The van der Waals surface area contributed by atoms with Gasteiger partial charge < -0.3 is 5.32 Å². The van der Waals surface area contributed by atoms with Gasteiger partial charge >= 0.3 is 0 Å². The Labute approximate surface area is 125 Å². The third-order valence-corrected chi connectivity index (χ3v) is 2.98. The third kappa shape index (κ3) is 3.12. The zero-order valence-corrected chi connectivity index (χ0v) is 11.4. The molecule has 1 N–H and O–H groups in total. The molecule has 2 aromatic heterocycles. The van der Waals surface area contributed by atoms with Crippen LogP contribution in [0.1, 0.15) is 10.4 Å². The lowest BCUT2D eigenvalue weighted by molar-refractivity contribution is 0.102. The Bertz CT molecular complexity index is 808. The zero-order valence-electron chi connectivity index (χ0n) is 11.4. The van der Waals surface area contributed by atoms with Crippen molar-refractivity contribution < 1.29 is 9.18 Å². The van der Waals surface area contributed by atoms with E-state index in [9.17, 15) is 9.18 Å². The Hall–Kier alpha value is -3.15. The van der Waals surface area contributed by atoms with Crippen LogP contribution in [-0.4, -0.2) is 20.9 Å². The highest BCUT2D eigenvalue weighted by molar-refractivity contribution is 6.03. The smallest absolute Gasteiger partial charge is 0.256 e. The average molecular weight is 294 g/mol. The first kappa shape index (κ1) is 13.8. The van der Waals surface area contributed by atoms with Gasteiger partial charge in [-0.15, -0.1) is 0 Å². The number of anilines is 1. The van der Waals surface area contributed by atoms with Crippen LogP contribution in [0.2, 0.25) is 0 Å². The second kappa shape index (κ2) is 6.09. The molecular formula is C16H11FN4O. The van der Waals surface area contributed by atoms with E-state index in [0.717, 1.165) is 11.1 Å². The Morgan fingerprint density at radius 2 is 1.86 bits per heavy atom. The maximum absolute atomic E-state index is 13.1. The number of nitrogens with zero attached hydrogens (tertiary/aromatic N) is 3. The van der Waals surface area contributed by atoms with Crippen molar-refractivity contribution in [2.24, 2.45) is 0 Å². The van der Waals surface area contributed by atoms with Gasteiger partial charge in [0.1, 0.15) is 18.0 Å². The Balaban J connectivity index is 1.83. The largest absolute Gasteiger partial charge is 0.307 e. The van der Waals surface area contributed by atoms with Crippen molar-refractivity contribution in [2.75, 3.05) is 5.32 Å². The van der Waals surface area contributed by atoms with Crippen molar-refractivity contribution in [3.8, 4) is 11.1 Å². The molecule has 0 fully saturated rings. The molecule has 0 radical (unpaired) electrons. The van der Waals surface area contributed by atoms with E-state index in [1.165, 1.54) is 30.6 Å². The number of halogens is 1. The Kier molecular flexibility index (Phi) is 3.82. The molecule has 108 valence electrons. The van der Waals surface area contributed by atoms with Gasteiger partial charge in [0.15, 0.2) is 0 Å². The Morgan fingerprint density at radius 1 is 1.05 bits per heavy atom. The highest BCUT2D eigenvalue weighted by atomic mass is 19.1. The van der Waals surface area contributed by atoms with Gasteiger partial charge in [-0.3, -0.25) is 4.79 Å². The number of carbonyl (C=O) groups excluding carboxylic acids is 1. The van der Waals surface area contributed by atoms with Crippen molar-refractivity contribution in [3.63, 3.8) is 0 Å². The number of rotatable bonds is 3. The fraction of sp³-hybridized carbons (Fsp3) is 0. The summed E-state index contributed by atoms with van der Waals surface area (Å²) in [7, 11) is 0. The molecule has 5 nitrogen and oxygen atoms in total. The van der Waals surface area contributed by atoms with Gasteiger partial charge in [0, 0.05) is 29.7 Å². The van der Waals surface area contributed by atoms with Crippen LogP contribution >= 0.6 is 0 Å². The van der Waals surface area contributed by atoms with Crippen molar-refractivity contribution in [3.05, 3.63) is 72.7 Å². The molecule has 0 atom stereocenters. The standard InChI is InChI=1S/C16H11FN4O/c17-14-3-1-2-12(6-14)16(22)21-15-7-11(4-5-20-15)13-8-18-10-19-9-13/h1-10H,(H,20,21,22). The molecular weight excluding hydrogens is 283 g/mol. The summed E-state index contributed by atoms with van der Waals surface area (Å²) in [4.78, 5) is 24.1. The molecule has 1 aromatic carbocycles. The van der Waals surface area contributed by atoms with E-state index in [4.69, 9.17) is 0 Å². The van der Waals surface area contributed by atoms with Crippen molar-refractivity contribution in [1.82, 2.24) is 15.0 Å². The molecule has 0 aliphatic rings. The van der Waals surface area contributed by atoms with Crippen LogP contribution in [0.3, 0.4) is 0 Å². The second-order valence-corrected chi connectivity index (χ2v) is 4.52. The molecule has 3 aromatic rings. The molecule has 22 heavy (non-hydrogen) atoms. The molecule has 0 saturated heterocycles. The third-order valence-electron chi connectivity index (χ3n) is 2.98. The van der Waals surface area contributed by atoms with Gasteiger partial charge in [0.05, 0.1) is 0 Å². The fourth-order valence-electron chi connectivity index (χ4n) is 1.94. The van der Waals surface area contributed by atoms with Crippen LogP contribution in [0.15, 0.2) is 61.3 Å². The monoisotopic (exact) mass is 294 g/mol. The van der Waals surface area contributed by atoms with Crippen LogP contribution in [-0.2, 0) is 0 Å². The van der Waals surface area contributed by atoms with Gasteiger partial charge in [0.25, 0.3) is 5.91 Å². The molecule has 0 aliphatic heterocycles. The van der Waals surface area contributed by atoms with Crippen LogP contribution < -0.4 is 5.32 Å². The minimum absolute atomic E-state index is 0.232. The minimum Gasteiger partial charge on any atom is -0.307 e. The van der Waals surface area contributed by atoms with E-state index in [1.54, 1.807) is 30.7 Å². The van der Waals surface area contributed by atoms with Gasteiger partial charge in [-0.25, -0.2) is 19.3 Å². The topological polar surface area (TPSA) is 67.8 Å². The van der Waals surface area contributed by atoms with E-state index in [1.807, 2.05) is 0 Å². The van der Waals surface area contributed by atoms with Crippen molar-refractivity contribution >= 4 is 11.7 Å². The minimum atomic E-state index is -0.462. The Morgan fingerprint density at radius 3 is 2.64 bits per heavy atom. The molecule has 0 unspecified atom stereocenters. The molecule has 2 heterocycles. The van der Waals surface area contributed by atoms with Crippen molar-refractivity contribution in [1.29, 1.82) is 0 Å². The molecule has 0 bridgehead atoms. The van der Waals surface area contributed by atoms with Gasteiger partial charge in [-0.05, 0) is 35.9 Å². The van der Waals surface area contributed by atoms with Crippen LogP contribution in [0.25, 0.3) is 11.1 Å². The zero-order chi connectivity index (χ0) is 15.4. The first-order valence-electron chi connectivity index (χ1n) is 6.51. The van der Waals surface area contributed by atoms with Crippen LogP contribution in [0.5, 0.6) is 0 Å². The number of benzene rings is 1. The number of pyridine rings is 1. The second-order valence-electron chi connectivity index (χ2n) is 4.52. The SMILES string of the molecule is O=C(Nc1cc(-c2cncnc2)ccn1)c1cccc(F)c1. The summed E-state index contributed by atoms with van der Waals surface area (Å²) in [6, 6.07) is 8.96. The number of carbonyl (C=O) groups is 1. The summed E-state index contributed by atoms with van der Waals surface area (Å²) < 4.78 is 13.1. The molecule has 6 heteroatoms. The molecule has 0 spiro atoms. The number of hydrogen-bond donors (Lipinski definition) is 1. The molecule has 3 rings (SSSR count). The lowest BCUT2D eigenvalue weighted by Gasteiger charge is -2.06. The maximum Gasteiger partial charge on any atom is 0.256 e. The fourth-order valence-corrected chi connectivity index (χ4v) is 1.94. The van der Waals surface area contributed by atoms with Gasteiger partial charge in [0.2, 0.25) is 0 Å². The predicted molar refractivity (Wildman–Crippen MR) is 79.6 cm³/mol. The van der Waals surface area contributed by atoms with E-state index < -0.39 is 11.7 Å². The summed E-state index contributed by atoms with van der Waals surface area (Å²) in [5.74, 6) is -0.514. The van der Waals surface area contributed by atoms with E-state index in [0.29, 0.717) is 5.82 Å².